The third-order valence-electron chi connectivity index (χ3n) is 2.82. The minimum Gasteiger partial charge on any atom is -0.479 e. The normalized spacial score (nSPS) is 20.1. The zero-order valence-corrected chi connectivity index (χ0v) is 9.33. The number of ether oxygens (including phenoxy) is 2. The molecule has 0 radical (unpaired) electrons. The van der Waals surface area contributed by atoms with Gasteiger partial charge in [0, 0.05) is 32.7 Å². The standard InChI is InChI=1S/C11H20O4/c1-2-3-4-7-15-11(10(12)13)5-8-14-9-6-11/h2-9H2,1H3,(H,12,13). The van der Waals surface area contributed by atoms with Crippen molar-refractivity contribution in [2.45, 2.75) is 44.6 Å². The second-order valence-corrected chi connectivity index (χ2v) is 3.97. The Labute approximate surface area is 90.6 Å². The summed E-state index contributed by atoms with van der Waals surface area (Å²) in [5.41, 5.74) is -0.980. The van der Waals surface area contributed by atoms with Crippen LogP contribution >= 0.6 is 0 Å². The van der Waals surface area contributed by atoms with Crippen molar-refractivity contribution in [3.8, 4) is 0 Å². The fourth-order valence-corrected chi connectivity index (χ4v) is 1.74. The van der Waals surface area contributed by atoms with Gasteiger partial charge in [0.1, 0.15) is 0 Å². The average molecular weight is 216 g/mol. The summed E-state index contributed by atoms with van der Waals surface area (Å²) >= 11 is 0. The Morgan fingerprint density at radius 1 is 1.40 bits per heavy atom. The van der Waals surface area contributed by atoms with Crippen molar-refractivity contribution < 1.29 is 19.4 Å². The van der Waals surface area contributed by atoms with Crippen molar-refractivity contribution in [3.05, 3.63) is 0 Å². The van der Waals surface area contributed by atoms with Crippen LogP contribution in [-0.4, -0.2) is 36.5 Å². The predicted octanol–water partition coefficient (Wildman–Crippen LogP) is 1.83. The summed E-state index contributed by atoms with van der Waals surface area (Å²) in [5.74, 6) is -0.845. The molecule has 0 aromatic heterocycles. The number of unbranched alkanes of at least 4 members (excludes halogenated alkanes) is 2. The maximum atomic E-state index is 11.2. The van der Waals surface area contributed by atoms with Crippen molar-refractivity contribution in [3.63, 3.8) is 0 Å². The van der Waals surface area contributed by atoms with E-state index in [0.29, 0.717) is 32.7 Å². The van der Waals surface area contributed by atoms with Gasteiger partial charge in [-0.2, -0.15) is 0 Å². The Hall–Kier alpha value is -0.610. The summed E-state index contributed by atoms with van der Waals surface area (Å²) < 4.78 is 10.7. The van der Waals surface area contributed by atoms with Crippen LogP contribution in [-0.2, 0) is 14.3 Å². The predicted molar refractivity (Wildman–Crippen MR) is 55.9 cm³/mol. The third kappa shape index (κ3) is 3.47. The largest absolute Gasteiger partial charge is 0.479 e. The van der Waals surface area contributed by atoms with E-state index in [-0.39, 0.29) is 0 Å². The molecule has 1 aliphatic rings. The van der Waals surface area contributed by atoms with E-state index in [1.807, 2.05) is 0 Å². The summed E-state index contributed by atoms with van der Waals surface area (Å²) in [6, 6.07) is 0. The molecule has 4 heteroatoms. The molecule has 0 aromatic rings. The second kappa shape index (κ2) is 6.08. The van der Waals surface area contributed by atoms with Crippen molar-refractivity contribution in [1.29, 1.82) is 0 Å². The molecule has 1 heterocycles. The lowest BCUT2D eigenvalue weighted by Crippen LogP contribution is -2.46. The van der Waals surface area contributed by atoms with E-state index in [4.69, 9.17) is 14.6 Å². The molecule has 4 nitrogen and oxygen atoms in total. The van der Waals surface area contributed by atoms with Gasteiger partial charge in [-0.25, -0.2) is 4.79 Å². The zero-order chi connectivity index (χ0) is 11.1. The fraction of sp³-hybridized carbons (Fsp3) is 0.909. The van der Waals surface area contributed by atoms with Crippen molar-refractivity contribution in [2.75, 3.05) is 19.8 Å². The van der Waals surface area contributed by atoms with Crippen molar-refractivity contribution >= 4 is 5.97 Å². The quantitative estimate of drug-likeness (QED) is 0.688. The lowest BCUT2D eigenvalue weighted by atomic mass is 9.94. The topological polar surface area (TPSA) is 55.8 Å². The van der Waals surface area contributed by atoms with Crippen LogP contribution in [0.1, 0.15) is 39.0 Å². The molecule has 1 N–H and O–H groups in total. The number of aliphatic carboxylic acids is 1. The minimum atomic E-state index is -0.980. The van der Waals surface area contributed by atoms with Crippen LogP contribution in [0.25, 0.3) is 0 Å². The van der Waals surface area contributed by atoms with Crippen molar-refractivity contribution in [1.82, 2.24) is 0 Å². The molecule has 1 fully saturated rings. The molecular formula is C11H20O4. The zero-order valence-electron chi connectivity index (χ0n) is 9.33. The van der Waals surface area contributed by atoms with Gasteiger partial charge in [-0.05, 0) is 6.42 Å². The molecule has 0 bridgehead atoms. The third-order valence-corrected chi connectivity index (χ3v) is 2.82. The molecule has 1 saturated heterocycles. The van der Waals surface area contributed by atoms with Crippen LogP contribution in [0.2, 0.25) is 0 Å². The monoisotopic (exact) mass is 216 g/mol. The summed E-state index contributed by atoms with van der Waals surface area (Å²) in [7, 11) is 0. The Morgan fingerprint density at radius 3 is 2.60 bits per heavy atom. The number of carboxylic acids is 1. The van der Waals surface area contributed by atoms with Gasteiger partial charge >= 0.3 is 5.97 Å². The highest BCUT2D eigenvalue weighted by Crippen LogP contribution is 2.25. The van der Waals surface area contributed by atoms with Gasteiger partial charge in [-0.3, -0.25) is 0 Å². The van der Waals surface area contributed by atoms with Gasteiger partial charge in [0.15, 0.2) is 5.60 Å². The molecule has 88 valence electrons. The molecule has 0 amide bonds. The molecule has 1 rings (SSSR count). The number of carbonyl (C=O) groups is 1. The number of hydrogen-bond donors (Lipinski definition) is 1. The second-order valence-electron chi connectivity index (χ2n) is 3.97. The average Bonchev–Trinajstić information content (AvgIpc) is 2.26. The highest BCUT2D eigenvalue weighted by atomic mass is 16.5. The number of carboxylic acid groups (broad SMARTS) is 1. The van der Waals surface area contributed by atoms with Crippen LogP contribution in [0.4, 0.5) is 0 Å². The molecule has 0 aliphatic carbocycles. The summed E-state index contributed by atoms with van der Waals surface area (Å²) in [4.78, 5) is 11.2. The van der Waals surface area contributed by atoms with E-state index in [1.54, 1.807) is 0 Å². The first-order valence-corrected chi connectivity index (χ1v) is 5.66. The summed E-state index contributed by atoms with van der Waals surface area (Å²) in [5, 5.41) is 9.16. The minimum absolute atomic E-state index is 0.467. The highest BCUT2D eigenvalue weighted by molar-refractivity contribution is 5.77. The summed E-state index contributed by atoms with van der Waals surface area (Å²) in [6.45, 7) is 3.63. The van der Waals surface area contributed by atoms with E-state index in [2.05, 4.69) is 6.92 Å². The van der Waals surface area contributed by atoms with E-state index >= 15 is 0 Å². The van der Waals surface area contributed by atoms with E-state index in [0.717, 1.165) is 19.3 Å². The van der Waals surface area contributed by atoms with Gasteiger partial charge in [-0.1, -0.05) is 19.8 Å². The number of rotatable bonds is 6. The molecule has 0 spiro atoms. The van der Waals surface area contributed by atoms with E-state index < -0.39 is 11.6 Å². The highest BCUT2D eigenvalue weighted by Gasteiger charge is 2.41. The Morgan fingerprint density at radius 2 is 2.07 bits per heavy atom. The van der Waals surface area contributed by atoms with Crippen LogP contribution in [0.15, 0.2) is 0 Å². The molecule has 1 aliphatic heterocycles. The van der Waals surface area contributed by atoms with Gasteiger partial charge in [0.2, 0.25) is 0 Å². The van der Waals surface area contributed by atoms with E-state index in [1.165, 1.54) is 0 Å². The molecule has 0 aromatic carbocycles. The lowest BCUT2D eigenvalue weighted by molar-refractivity contribution is -0.178. The maximum absolute atomic E-state index is 11.2. The lowest BCUT2D eigenvalue weighted by Gasteiger charge is -2.33. The first-order chi connectivity index (χ1) is 7.21. The summed E-state index contributed by atoms with van der Waals surface area (Å²) in [6.07, 6.45) is 4.08. The van der Waals surface area contributed by atoms with Gasteiger partial charge in [0.05, 0.1) is 0 Å². The Balaban J connectivity index is 2.39. The van der Waals surface area contributed by atoms with Crippen LogP contribution in [0, 0.1) is 0 Å². The molecule has 0 unspecified atom stereocenters. The van der Waals surface area contributed by atoms with Gasteiger partial charge in [-0.15, -0.1) is 0 Å². The van der Waals surface area contributed by atoms with Crippen LogP contribution in [0.3, 0.4) is 0 Å². The van der Waals surface area contributed by atoms with Gasteiger partial charge in [0.25, 0.3) is 0 Å². The molecule has 0 saturated carbocycles. The molecule has 0 atom stereocenters. The number of hydrogen-bond acceptors (Lipinski definition) is 3. The Kier molecular flexibility index (Phi) is 5.05. The van der Waals surface area contributed by atoms with Crippen molar-refractivity contribution in [2.24, 2.45) is 0 Å². The fourth-order valence-electron chi connectivity index (χ4n) is 1.74. The maximum Gasteiger partial charge on any atom is 0.336 e. The first-order valence-electron chi connectivity index (χ1n) is 5.66. The van der Waals surface area contributed by atoms with Crippen LogP contribution < -0.4 is 0 Å². The molecule has 15 heavy (non-hydrogen) atoms. The SMILES string of the molecule is CCCCCOC1(C(=O)O)CCOCC1. The molecular weight excluding hydrogens is 196 g/mol. The first kappa shape index (κ1) is 12.5. The van der Waals surface area contributed by atoms with E-state index in [9.17, 15) is 4.79 Å². The van der Waals surface area contributed by atoms with Gasteiger partial charge < -0.3 is 14.6 Å². The van der Waals surface area contributed by atoms with Crippen LogP contribution in [0.5, 0.6) is 0 Å². The smallest absolute Gasteiger partial charge is 0.336 e. The Bertz CT molecular complexity index is 197.